The topological polar surface area (TPSA) is 32.3 Å². The number of amides is 1. The van der Waals surface area contributed by atoms with Crippen molar-refractivity contribution >= 4 is 29.3 Å². The van der Waals surface area contributed by atoms with Crippen LogP contribution in [0.3, 0.4) is 0 Å². The number of nitrogens with one attached hydrogen (secondary N) is 1. The molecule has 0 radical (unpaired) electrons. The Morgan fingerprint density at radius 1 is 1.29 bits per heavy atom. The van der Waals surface area contributed by atoms with Crippen molar-refractivity contribution in [3.63, 3.8) is 0 Å². The Morgan fingerprint density at radius 3 is 2.43 bits per heavy atom. The third-order valence-electron chi connectivity index (χ3n) is 3.91. The van der Waals surface area contributed by atoms with Crippen LogP contribution in [-0.2, 0) is 4.79 Å². The van der Waals surface area contributed by atoms with Crippen molar-refractivity contribution in [1.82, 2.24) is 10.2 Å². The van der Waals surface area contributed by atoms with E-state index in [-0.39, 0.29) is 24.0 Å². The minimum absolute atomic E-state index is 0.0585. The first-order chi connectivity index (χ1) is 9.93. The number of thioether (sulfide) groups is 1. The molecule has 3 unspecified atom stereocenters. The molecule has 3 atom stereocenters. The van der Waals surface area contributed by atoms with Crippen LogP contribution >= 0.6 is 23.4 Å². The van der Waals surface area contributed by atoms with Gasteiger partial charge in [-0.2, -0.15) is 11.8 Å². The second kappa shape index (κ2) is 7.03. The average molecular weight is 327 g/mol. The molecule has 116 valence electrons. The number of carbonyl (C=O) groups excluding carboxylic acids is 1. The first kappa shape index (κ1) is 16.7. The molecule has 1 aromatic carbocycles. The van der Waals surface area contributed by atoms with Gasteiger partial charge in [0.1, 0.15) is 6.17 Å². The number of rotatable bonds is 5. The smallest absolute Gasteiger partial charge is 0.241 e. The van der Waals surface area contributed by atoms with Crippen LogP contribution in [0.1, 0.15) is 32.5 Å². The Morgan fingerprint density at radius 2 is 1.90 bits per heavy atom. The molecule has 1 saturated heterocycles. The summed E-state index contributed by atoms with van der Waals surface area (Å²) in [6.07, 6.45) is 2.02. The summed E-state index contributed by atoms with van der Waals surface area (Å²) in [5.74, 6) is 0.479. The zero-order valence-electron chi connectivity index (χ0n) is 13.0. The molecule has 1 fully saturated rings. The molecule has 0 aliphatic carbocycles. The Labute approximate surface area is 136 Å². The van der Waals surface area contributed by atoms with Gasteiger partial charge in [0.2, 0.25) is 5.91 Å². The van der Waals surface area contributed by atoms with Crippen LogP contribution in [-0.4, -0.2) is 34.9 Å². The van der Waals surface area contributed by atoms with E-state index in [4.69, 9.17) is 11.6 Å². The molecule has 0 aromatic heterocycles. The number of benzene rings is 1. The van der Waals surface area contributed by atoms with Crippen LogP contribution in [0.2, 0.25) is 5.02 Å². The third-order valence-corrected chi connectivity index (χ3v) is 5.11. The first-order valence-corrected chi connectivity index (χ1v) is 8.95. The lowest BCUT2D eigenvalue weighted by molar-refractivity contribution is -0.130. The van der Waals surface area contributed by atoms with E-state index in [2.05, 4.69) is 32.3 Å². The highest BCUT2D eigenvalue weighted by Gasteiger charge is 2.41. The minimum Gasteiger partial charge on any atom is -0.320 e. The molecule has 1 N–H and O–H groups in total. The van der Waals surface area contributed by atoms with Gasteiger partial charge in [-0.25, -0.2) is 0 Å². The lowest BCUT2D eigenvalue weighted by atomic mass is 10.1. The number of hydrogen-bond donors (Lipinski definition) is 1. The molecule has 0 bridgehead atoms. The predicted molar refractivity (Wildman–Crippen MR) is 90.6 cm³/mol. The minimum atomic E-state index is -0.111. The van der Waals surface area contributed by atoms with Crippen LogP contribution < -0.4 is 5.32 Å². The van der Waals surface area contributed by atoms with E-state index < -0.39 is 0 Å². The highest BCUT2D eigenvalue weighted by molar-refractivity contribution is 7.99. The molecule has 1 heterocycles. The van der Waals surface area contributed by atoms with Crippen molar-refractivity contribution in [3.8, 4) is 0 Å². The SMILES string of the molecule is CSC(C)CN1C(=O)C(C(C)C)NC1c1ccc(Cl)cc1. The highest BCUT2D eigenvalue weighted by atomic mass is 35.5. The predicted octanol–water partition coefficient (Wildman–Crippen LogP) is 3.55. The van der Waals surface area contributed by atoms with E-state index >= 15 is 0 Å². The molecule has 21 heavy (non-hydrogen) atoms. The fourth-order valence-electron chi connectivity index (χ4n) is 2.58. The Bertz CT molecular complexity index is 492. The second-order valence-electron chi connectivity index (χ2n) is 5.88. The molecule has 1 aliphatic heterocycles. The number of halogens is 1. The summed E-state index contributed by atoms with van der Waals surface area (Å²) in [6, 6.07) is 7.63. The Balaban J connectivity index is 2.27. The largest absolute Gasteiger partial charge is 0.320 e. The van der Waals surface area contributed by atoms with Crippen LogP contribution in [0.25, 0.3) is 0 Å². The fraction of sp³-hybridized carbons (Fsp3) is 0.562. The molecule has 1 amide bonds. The van der Waals surface area contributed by atoms with Crippen molar-refractivity contribution in [2.75, 3.05) is 12.8 Å². The van der Waals surface area contributed by atoms with Crippen LogP contribution in [0.15, 0.2) is 24.3 Å². The van der Waals surface area contributed by atoms with Gasteiger partial charge >= 0.3 is 0 Å². The van der Waals surface area contributed by atoms with Crippen LogP contribution in [0.4, 0.5) is 0 Å². The second-order valence-corrected chi connectivity index (χ2v) is 7.59. The molecule has 0 spiro atoms. The maximum Gasteiger partial charge on any atom is 0.241 e. The van der Waals surface area contributed by atoms with Gasteiger partial charge < -0.3 is 4.90 Å². The summed E-state index contributed by atoms with van der Waals surface area (Å²) in [5.41, 5.74) is 1.09. The lowest BCUT2D eigenvalue weighted by Crippen LogP contribution is -2.36. The molecule has 0 saturated carbocycles. The van der Waals surface area contributed by atoms with E-state index in [1.54, 1.807) is 11.8 Å². The molecule has 3 nitrogen and oxygen atoms in total. The van der Waals surface area contributed by atoms with Gasteiger partial charge in [0.25, 0.3) is 0 Å². The normalized spacial score (nSPS) is 23.9. The summed E-state index contributed by atoms with van der Waals surface area (Å²) in [6.45, 7) is 7.06. The Kier molecular flexibility index (Phi) is 5.58. The van der Waals surface area contributed by atoms with E-state index in [0.717, 1.165) is 12.1 Å². The van der Waals surface area contributed by atoms with E-state index in [1.165, 1.54) is 0 Å². The monoisotopic (exact) mass is 326 g/mol. The van der Waals surface area contributed by atoms with Gasteiger partial charge in [-0.1, -0.05) is 44.5 Å². The standard InChI is InChI=1S/C16H23ClN2OS/c1-10(2)14-16(20)19(9-11(3)21-4)15(18-14)12-5-7-13(17)8-6-12/h5-8,10-11,14-15,18H,9H2,1-4H3. The summed E-state index contributed by atoms with van der Waals surface area (Å²) in [4.78, 5) is 14.6. The van der Waals surface area contributed by atoms with Gasteiger partial charge in [0, 0.05) is 16.8 Å². The van der Waals surface area contributed by atoms with Crippen LogP contribution in [0.5, 0.6) is 0 Å². The highest BCUT2D eigenvalue weighted by Crippen LogP contribution is 2.30. The molecule has 2 rings (SSSR count). The molecule has 1 aliphatic rings. The van der Waals surface area contributed by atoms with Gasteiger partial charge in [0.15, 0.2) is 0 Å². The molecule has 5 heteroatoms. The summed E-state index contributed by atoms with van der Waals surface area (Å²) in [5, 5.41) is 4.61. The van der Waals surface area contributed by atoms with E-state index in [1.807, 2.05) is 29.2 Å². The van der Waals surface area contributed by atoms with E-state index in [0.29, 0.717) is 10.3 Å². The Hall–Kier alpha value is -0.710. The molecular formula is C16H23ClN2OS. The zero-order valence-corrected chi connectivity index (χ0v) is 14.5. The number of nitrogens with zero attached hydrogens (tertiary/aromatic N) is 1. The van der Waals surface area contributed by atoms with Crippen molar-refractivity contribution in [3.05, 3.63) is 34.9 Å². The van der Waals surface area contributed by atoms with Crippen molar-refractivity contribution in [2.45, 2.75) is 38.2 Å². The quantitative estimate of drug-likeness (QED) is 0.898. The van der Waals surface area contributed by atoms with Crippen molar-refractivity contribution in [1.29, 1.82) is 0 Å². The molecular weight excluding hydrogens is 304 g/mol. The van der Waals surface area contributed by atoms with E-state index in [9.17, 15) is 4.79 Å². The van der Waals surface area contributed by atoms with Gasteiger partial charge in [0.05, 0.1) is 6.04 Å². The zero-order chi connectivity index (χ0) is 15.6. The maximum atomic E-state index is 12.7. The maximum absolute atomic E-state index is 12.7. The third kappa shape index (κ3) is 3.74. The lowest BCUT2D eigenvalue weighted by Gasteiger charge is -2.27. The summed E-state index contributed by atoms with van der Waals surface area (Å²) >= 11 is 7.75. The summed E-state index contributed by atoms with van der Waals surface area (Å²) < 4.78 is 0. The van der Waals surface area contributed by atoms with Gasteiger partial charge in [-0.05, 0) is 29.9 Å². The molecule has 1 aromatic rings. The number of carbonyl (C=O) groups is 1. The van der Waals surface area contributed by atoms with Crippen LogP contribution in [0, 0.1) is 5.92 Å². The van der Waals surface area contributed by atoms with Crippen molar-refractivity contribution < 1.29 is 4.79 Å². The average Bonchev–Trinajstić information content (AvgIpc) is 2.77. The summed E-state index contributed by atoms with van der Waals surface area (Å²) in [7, 11) is 0. The van der Waals surface area contributed by atoms with Crippen molar-refractivity contribution in [2.24, 2.45) is 5.92 Å². The fourth-order valence-corrected chi connectivity index (χ4v) is 3.02. The van der Waals surface area contributed by atoms with Gasteiger partial charge in [-0.3, -0.25) is 10.1 Å². The van der Waals surface area contributed by atoms with Gasteiger partial charge in [-0.15, -0.1) is 0 Å². The first-order valence-electron chi connectivity index (χ1n) is 7.28. The number of hydrogen-bond acceptors (Lipinski definition) is 3.